The lowest BCUT2D eigenvalue weighted by molar-refractivity contribution is -0.151. The predicted octanol–water partition coefficient (Wildman–Crippen LogP) is 3.76. The van der Waals surface area contributed by atoms with Crippen LogP contribution >= 0.6 is 11.6 Å². The Labute approximate surface area is 166 Å². The van der Waals surface area contributed by atoms with Gasteiger partial charge in [-0.25, -0.2) is 17.2 Å². The van der Waals surface area contributed by atoms with Crippen molar-refractivity contribution in [2.45, 2.75) is 24.3 Å². The van der Waals surface area contributed by atoms with Crippen molar-refractivity contribution >= 4 is 27.6 Å². The number of benzene rings is 2. The molecule has 1 aliphatic rings. The van der Waals surface area contributed by atoms with Crippen molar-refractivity contribution < 1.29 is 26.7 Å². The van der Waals surface area contributed by atoms with Crippen molar-refractivity contribution in [2.24, 2.45) is 5.92 Å². The monoisotopic (exact) mass is 429 g/mol. The molecule has 1 heterocycles. The fourth-order valence-corrected chi connectivity index (χ4v) is 4.81. The third-order valence-electron chi connectivity index (χ3n) is 4.66. The summed E-state index contributed by atoms with van der Waals surface area (Å²) in [4.78, 5) is 11.9. The van der Waals surface area contributed by atoms with Crippen LogP contribution in [0.1, 0.15) is 18.4 Å². The van der Waals surface area contributed by atoms with E-state index in [4.69, 9.17) is 16.3 Å². The fourth-order valence-electron chi connectivity index (χ4n) is 3.06. The molecule has 0 aromatic heterocycles. The van der Waals surface area contributed by atoms with Crippen LogP contribution in [-0.2, 0) is 26.2 Å². The van der Waals surface area contributed by atoms with Gasteiger partial charge in [-0.05, 0) is 37.1 Å². The average molecular weight is 430 g/mol. The van der Waals surface area contributed by atoms with E-state index >= 15 is 0 Å². The van der Waals surface area contributed by atoms with Crippen LogP contribution in [0.5, 0.6) is 0 Å². The minimum atomic E-state index is -3.97. The fraction of sp³-hybridized carbons (Fsp3) is 0.316. The standard InChI is InChI=1S/C19H18ClF2NO4S/c20-15-4-3-6-16(21)14(15)12-27-19(24)13-8-10-23(11-9-13)28(25,26)18-7-2-1-5-17(18)22/h1-7,13H,8-12H2. The molecule has 0 radical (unpaired) electrons. The molecule has 2 aromatic rings. The third kappa shape index (κ3) is 4.34. The third-order valence-corrected chi connectivity index (χ3v) is 6.95. The van der Waals surface area contributed by atoms with Crippen molar-refractivity contribution in [1.29, 1.82) is 0 Å². The second kappa shape index (κ2) is 8.55. The summed E-state index contributed by atoms with van der Waals surface area (Å²) in [5.74, 6) is -2.43. The number of piperidine rings is 1. The molecule has 3 rings (SSSR count). The van der Waals surface area contributed by atoms with Gasteiger partial charge in [0.1, 0.15) is 23.1 Å². The van der Waals surface area contributed by atoms with Crippen LogP contribution in [0.4, 0.5) is 8.78 Å². The van der Waals surface area contributed by atoms with E-state index in [-0.39, 0.29) is 48.0 Å². The SMILES string of the molecule is O=C(OCc1c(F)cccc1Cl)C1CCN(S(=O)(=O)c2ccccc2F)CC1. The largest absolute Gasteiger partial charge is 0.460 e. The van der Waals surface area contributed by atoms with Gasteiger partial charge in [-0.2, -0.15) is 4.31 Å². The van der Waals surface area contributed by atoms with Gasteiger partial charge >= 0.3 is 5.97 Å². The van der Waals surface area contributed by atoms with Crippen LogP contribution in [-0.4, -0.2) is 31.8 Å². The van der Waals surface area contributed by atoms with E-state index in [0.29, 0.717) is 0 Å². The first-order valence-corrected chi connectivity index (χ1v) is 10.5. The van der Waals surface area contributed by atoms with Crippen LogP contribution < -0.4 is 0 Å². The highest BCUT2D eigenvalue weighted by Gasteiger charge is 2.34. The number of nitrogens with zero attached hydrogens (tertiary/aromatic N) is 1. The van der Waals surface area contributed by atoms with E-state index in [1.54, 1.807) is 0 Å². The van der Waals surface area contributed by atoms with E-state index in [1.807, 2.05) is 0 Å². The van der Waals surface area contributed by atoms with Crippen LogP contribution in [0.3, 0.4) is 0 Å². The van der Waals surface area contributed by atoms with Crippen LogP contribution in [0.15, 0.2) is 47.4 Å². The number of sulfonamides is 1. The zero-order valence-electron chi connectivity index (χ0n) is 14.8. The maximum absolute atomic E-state index is 13.9. The first-order valence-electron chi connectivity index (χ1n) is 8.65. The molecule has 0 bridgehead atoms. The molecule has 0 saturated carbocycles. The molecule has 0 amide bonds. The number of carbonyl (C=O) groups excluding carboxylic acids is 1. The predicted molar refractivity (Wildman–Crippen MR) is 99.1 cm³/mol. The molecular formula is C19H18ClF2NO4S. The van der Waals surface area contributed by atoms with Gasteiger partial charge in [0.05, 0.1) is 10.9 Å². The number of carbonyl (C=O) groups is 1. The van der Waals surface area contributed by atoms with Gasteiger partial charge in [0.25, 0.3) is 0 Å². The summed E-state index contributed by atoms with van der Waals surface area (Å²) in [5.41, 5.74) is 0.0945. The van der Waals surface area contributed by atoms with Gasteiger partial charge in [0.2, 0.25) is 10.0 Å². The lowest BCUT2D eigenvalue weighted by Gasteiger charge is -2.30. The molecule has 0 unspecified atom stereocenters. The van der Waals surface area contributed by atoms with Gasteiger partial charge in [0.15, 0.2) is 0 Å². The Bertz CT molecular complexity index is 955. The Balaban J connectivity index is 1.59. The summed E-state index contributed by atoms with van der Waals surface area (Å²) in [6.07, 6.45) is 0.467. The molecular weight excluding hydrogens is 412 g/mol. The van der Waals surface area contributed by atoms with Gasteiger partial charge in [-0.15, -0.1) is 0 Å². The van der Waals surface area contributed by atoms with E-state index in [0.717, 1.165) is 10.4 Å². The highest BCUT2D eigenvalue weighted by Crippen LogP contribution is 2.27. The number of hydrogen-bond donors (Lipinski definition) is 0. The zero-order valence-corrected chi connectivity index (χ0v) is 16.3. The molecule has 0 atom stereocenters. The molecule has 1 saturated heterocycles. The molecule has 5 nitrogen and oxygen atoms in total. The first-order chi connectivity index (χ1) is 13.3. The van der Waals surface area contributed by atoms with Crippen molar-refractivity contribution in [3.63, 3.8) is 0 Å². The van der Waals surface area contributed by atoms with Crippen molar-refractivity contribution in [3.8, 4) is 0 Å². The van der Waals surface area contributed by atoms with E-state index in [2.05, 4.69) is 0 Å². The molecule has 150 valence electrons. The molecule has 1 fully saturated rings. The molecule has 2 aromatic carbocycles. The van der Waals surface area contributed by atoms with E-state index in [1.165, 1.54) is 36.4 Å². The maximum Gasteiger partial charge on any atom is 0.309 e. The lowest BCUT2D eigenvalue weighted by atomic mass is 9.98. The highest BCUT2D eigenvalue weighted by atomic mass is 35.5. The minimum Gasteiger partial charge on any atom is -0.460 e. The Hall–Kier alpha value is -2.03. The average Bonchev–Trinajstić information content (AvgIpc) is 2.67. The Morgan fingerprint density at radius 2 is 1.71 bits per heavy atom. The van der Waals surface area contributed by atoms with Gasteiger partial charge in [-0.1, -0.05) is 29.8 Å². The molecule has 0 N–H and O–H groups in total. The summed E-state index contributed by atoms with van der Waals surface area (Å²) in [6.45, 7) is -0.161. The minimum absolute atomic E-state index is 0.0664. The highest BCUT2D eigenvalue weighted by molar-refractivity contribution is 7.89. The number of ether oxygens (including phenoxy) is 1. The number of esters is 1. The van der Waals surface area contributed by atoms with Gasteiger partial charge in [-0.3, -0.25) is 4.79 Å². The van der Waals surface area contributed by atoms with Crippen LogP contribution in [0.2, 0.25) is 5.02 Å². The number of rotatable bonds is 5. The van der Waals surface area contributed by atoms with Gasteiger partial charge in [0, 0.05) is 18.7 Å². The Morgan fingerprint density at radius 1 is 1.07 bits per heavy atom. The van der Waals surface area contributed by atoms with Gasteiger partial charge < -0.3 is 4.74 Å². The number of hydrogen-bond acceptors (Lipinski definition) is 4. The van der Waals surface area contributed by atoms with Crippen molar-refractivity contribution in [2.75, 3.05) is 13.1 Å². The summed E-state index contributed by atoms with van der Waals surface area (Å²) < 4.78 is 59.1. The molecule has 0 aliphatic carbocycles. The van der Waals surface area contributed by atoms with E-state index < -0.39 is 33.5 Å². The van der Waals surface area contributed by atoms with Crippen LogP contribution in [0, 0.1) is 17.6 Å². The second-order valence-electron chi connectivity index (χ2n) is 6.42. The zero-order chi connectivity index (χ0) is 20.3. The normalized spacial score (nSPS) is 16.1. The summed E-state index contributed by atoms with van der Waals surface area (Å²) in [6, 6.07) is 9.34. The molecule has 9 heteroatoms. The summed E-state index contributed by atoms with van der Waals surface area (Å²) in [5, 5.41) is 0.165. The summed E-state index contributed by atoms with van der Waals surface area (Å²) >= 11 is 5.90. The van der Waals surface area contributed by atoms with Crippen molar-refractivity contribution in [1.82, 2.24) is 4.31 Å². The topological polar surface area (TPSA) is 63.7 Å². The smallest absolute Gasteiger partial charge is 0.309 e. The Kier molecular flexibility index (Phi) is 6.32. The lowest BCUT2D eigenvalue weighted by Crippen LogP contribution is -2.40. The van der Waals surface area contributed by atoms with Crippen molar-refractivity contribution in [3.05, 3.63) is 64.7 Å². The second-order valence-corrected chi connectivity index (χ2v) is 8.73. The molecule has 28 heavy (non-hydrogen) atoms. The quantitative estimate of drug-likeness (QED) is 0.679. The number of halogens is 3. The molecule has 0 spiro atoms. The maximum atomic E-state index is 13.9. The van der Waals surface area contributed by atoms with E-state index in [9.17, 15) is 22.0 Å². The summed E-state index contributed by atoms with van der Waals surface area (Å²) in [7, 11) is -3.97. The first kappa shape index (κ1) is 20.7. The Morgan fingerprint density at radius 3 is 2.36 bits per heavy atom. The van der Waals surface area contributed by atoms with Crippen LogP contribution in [0.25, 0.3) is 0 Å². The molecule has 1 aliphatic heterocycles.